The molecule has 1 aliphatic rings. The van der Waals surface area contributed by atoms with Gasteiger partial charge in [0.1, 0.15) is 18.9 Å². The standard InChI is InChI=1S/C22H23ClN4O3S/c1-14-4-9-18(19(11-14)30-13-17-3-2-10-29-17)24-20(28)12-27-21(25-26-22(27)31)15-5-7-16(23)8-6-15/h4-9,11,17H,2-3,10,12-13H2,1H3,(H,24,28)(H,26,31). The van der Waals surface area contributed by atoms with E-state index in [1.807, 2.05) is 37.3 Å². The Labute approximate surface area is 190 Å². The van der Waals surface area contributed by atoms with Gasteiger partial charge in [-0.15, -0.1) is 0 Å². The molecule has 1 saturated heterocycles. The number of aromatic amines is 1. The summed E-state index contributed by atoms with van der Waals surface area (Å²) in [7, 11) is 0. The summed E-state index contributed by atoms with van der Waals surface area (Å²) in [5.74, 6) is 0.951. The highest BCUT2D eigenvalue weighted by atomic mass is 35.5. The average molecular weight is 459 g/mol. The molecule has 7 nitrogen and oxygen atoms in total. The number of aryl methyl sites for hydroxylation is 1. The molecule has 1 aliphatic heterocycles. The summed E-state index contributed by atoms with van der Waals surface area (Å²) in [6.45, 7) is 3.21. The second kappa shape index (κ2) is 9.64. The molecule has 0 radical (unpaired) electrons. The van der Waals surface area contributed by atoms with Crippen molar-refractivity contribution >= 4 is 35.4 Å². The lowest BCUT2D eigenvalue weighted by molar-refractivity contribution is -0.116. The van der Waals surface area contributed by atoms with Crippen LogP contribution in [0.4, 0.5) is 5.69 Å². The van der Waals surface area contributed by atoms with E-state index in [-0.39, 0.29) is 18.6 Å². The maximum atomic E-state index is 12.8. The van der Waals surface area contributed by atoms with Gasteiger partial charge in [-0.25, -0.2) is 0 Å². The van der Waals surface area contributed by atoms with E-state index in [0.717, 1.165) is 30.6 Å². The number of rotatable bonds is 7. The molecule has 2 N–H and O–H groups in total. The number of carbonyl (C=O) groups excluding carboxylic acids is 1. The van der Waals surface area contributed by atoms with E-state index in [2.05, 4.69) is 15.5 Å². The molecule has 0 spiro atoms. The van der Waals surface area contributed by atoms with Crippen molar-refractivity contribution in [2.24, 2.45) is 0 Å². The van der Waals surface area contributed by atoms with Gasteiger partial charge in [-0.1, -0.05) is 17.7 Å². The van der Waals surface area contributed by atoms with Crippen LogP contribution in [-0.2, 0) is 16.1 Å². The van der Waals surface area contributed by atoms with Crippen LogP contribution in [0.3, 0.4) is 0 Å². The van der Waals surface area contributed by atoms with Crippen LogP contribution < -0.4 is 10.1 Å². The number of benzene rings is 2. The summed E-state index contributed by atoms with van der Waals surface area (Å²) in [6.07, 6.45) is 2.13. The van der Waals surface area contributed by atoms with E-state index in [0.29, 0.717) is 33.7 Å². The number of H-pyrrole nitrogens is 1. The van der Waals surface area contributed by atoms with Gasteiger partial charge in [-0.2, -0.15) is 5.10 Å². The Morgan fingerprint density at radius 1 is 1.35 bits per heavy atom. The highest BCUT2D eigenvalue weighted by molar-refractivity contribution is 7.71. The Morgan fingerprint density at radius 2 is 2.16 bits per heavy atom. The highest BCUT2D eigenvalue weighted by Crippen LogP contribution is 2.27. The predicted molar refractivity (Wildman–Crippen MR) is 122 cm³/mol. The zero-order chi connectivity index (χ0) is 21.8. The van der Waals surface area contributed by atoms with E-state index >= 15 is 0 Å². The highest BCUT2D eigenvalue weighted by Gasteiger charge is 2.18. The zero-order valence-electron chi connectivity index (χ0n) is 17.1. The molecule has 0 aliphatic carbocycles. The largest absolute Gasteiger partial charge is 0.489 e. The molecular weight excluding hydrogens is 436 g/mol. The molecule has 2 heterocycles. The minimum atomic E-state index is -0.237. The predicted octanol–water partition coefficient (Wildman–Crippen LogP) is 4.77. The lowest BCUT2D eigenvalue weighted by Crippen LogP contribution is -2.21. The van der Waals surface area contributed by atoms with Gasteiger partial charge in [0.05, 0.1) is 11.8 Å². The Hall–Kier alpha value is -2.68. The first-order valence-electron chi connectivity index (χ1n) is 10.1. The minimum absolute atomic E-state index is 0.00630. The van der Waals surface area contributed by atoms with Crippen molar-refractivity contribution < 1.29 is 14.3 Å². The number of ether oxygens (including phenoxy) is 2. The van der Waals surface area contributed by atoms with Crippen molar-refractivity contribution in [1.82, 2.24) is 14.8 Å². The van der Waals surface area contributed by atoms with Crippen molar-refractivity contribution in [2.75, 3.05) is 18.5 Å². The first-order chi connectivity index (χ1) is 15.0. The summed E-state index contributed by atoms with van der Waals surface area (Å²) >= 11 is 11.3. The van der Waals surface area contributed by atoms with E-state index in [9.17, 15) is 4.79 Å². The van der Waals surface area contributed by atoms with E-state index in [1.165, 1.54) is 0 Å². The number of hydrogen-bond donors (Lipinski definition) is 2. The Bertz CT molecular complexity index is 1120. The van der Waals surface area contributed by atoms with Crippen LogP contribution in [0, 0.1) is 11.7 Å². The topological polar surface area (TPSA) is 81.2 Å². The van der Waals surface area contributed by atoms with Gasteiger partial charge in [0.15, 0.2) is 10.6 Å². The Balaban J connectivity index is 1.49. The van der Waals surface area contributed by atoms with Crippen molar-refractivity contribution in [3.05, 3.63) is 57.8 Å². The molecule has 0 bridgehead atoms. The van der Waals surface area contributed by atoms with Crippen LogP contribution in [-0.4, -0.2) is 40.0 Å². The van der Waals surface area contributed by atoms with Crippen molar-refractivity contribution in [2.45, 2.75) is 32.4 Å². The van der Waals surface area contributed by atoms with Crippen LogP contribution in [0.1, 0.15) is 18.4 Å². The fraction of sp³-hybridized carbons (Fsp3) is 0.318. The number of nitrogens with one attached hydrogen (secondary N) is 2. The van der Waals surface area contributed by atoms with Crippen LogP contribution >= 0.6 is 23.8 Å². The van der Waals surface area contributed by atoms with Gasteiger partial charge in [-0.05, 0) is 73.9 Å². The summed E-state index contributed by atoms with van der Waals surface area (Å²) in [5, 5.41) is 10.6. The first-order valence-corrected chi connectivity index (χ1v) is 10.8. The Morgan fingerprint density at radius 3 is 2.90 bits per heavy atom. The molecule has 1 fully saturated rings. The number of hydrogen-bond acceptors (Lipinski definition) is 5. The molecule has 162 valence electrons. The summed E-state index contributed by atoms with van der Waals surface area (Å²) in [6, 6.07) is 12.9. The molecule has 0 saturated carbocycles. The van der Waals surface area contributed by atoms with Gasteiger partial charge < -0.3 is 14.8 Å². The van der Waals surface area contributed by atoms with Gasteiger partial charge in [0.25, 0.3) is 0 Å². The summed E-state index contributed by atoms with van der Waals surface area (Å²) in [4.78, 5) is 12.8. The van der Waals surface area contributed by atoms with E-state index < -0.39 is 0 Å². The number of aromatic nitrogens is 3. The van der Waals surface area contributed by atoms with E-state index in [4.69, 9.17) is 33.3 Å². The van der Waals surface area contributed by atoms with Gasteiger partial charge in [0, 0.05) is 17.2 Å². The molecule has 31 heavy (non-hydrogen) atoms. The average Bonchev–Trinajstić information content (AvgIpc) is 3.39. The fourth-order valence-electron chi connectivity index (χ4n) is 3.43. The van der Waals surface area contributed by atoms with Crippen molar-refractivity contribution in [1.29, 1.82) is 0 Å². The summed E-state index contributed by atoms with van der Waals surface area (Å²) in [5.41, 5.74) is 2.46. The summed E-state index contributed by atoms with van der Waals surface area (Å²) < 4.78 is 13.6. The van der Waals surface area contributed by atoms with E-state index in [1.54, 1.807) is 16.7 Å². The molecule has 1 amide bonds. The van der Waals surface area contributed by atoms with Crippen LogP contribution in [0.5, 0.6) is 5.75 Å². The maximum Gasteiger partial charge on any atom is 0.244 e. The third kappa shape index (κ3) is 5.33. The molecule has 1 unspecified atom stereocenters. The zero-order valence-corrected chi connectivity index (χ0v) is 18.6. The number of anilines is 1. The fourth-order valence-corrected chi connectivity index (χ4v) is 3.75. The number of nitrogens with zero attached hydrogens (tertiary/aromatic N) is 2. The second-order valence-corrected chi connectivity index (χ2v) is 8.26. The molecule has 2 aromatic carbocycles. The number of amides is 1. The molecule has 4 rings (SSSR count). The van der Waals surface area contributed by atoms with Gasteiger partial charge >= 0.3 is 0 Å². The quantitative estimate of drug-likeness (QED) is 0.498. The van der Waals surface area contributed by atoms with Crippen molar-refractivity contribution in [3.63, 3.8) is 0 Å². The third-order valence-corrected chi connectivity index (χ3v) is 5.59. The lowest BCUT2D eigenvalue weighted by atomic mass is 10.2. The molecule has 1 aromatic heterocycles. The monoisotopic (exact) mass is 458 g/mol. The molecule has 3 aromatic rings. The molecule has 9 heteroatoms. The normalized spacial score (nSPS) is 15.7. The van der Waals surface area contributed by atoms with Crippen molar-refractivity contribution in [3.8, 4) is 17.1 Å². The SMILES string of the molecule is Cc1ccc(NC(=O)Cn2c(-c3ccc(Cl)cc3)n[nH]c2=S)c(OCC2CCCO2)c1. The van der Waals surface area contributed by atoms with Crippen LogP contribution in [0.2, 0.25) is 5.02 Å². The Kier molecular flexibility index (Phi) is 6.70. The first kappa shape index (κ1) is 21.5. The number of carbonyl (C=O) groups is 1. The third-order valence-electron chi connectivity index (χ3n) is 5.02. The smallest absolute Gasteiger partial charge is 0.244 e. The van der Waals surface area contributed by atoms with Crippen LogP contribution in [0.15, 0.2) is 42.5 Å². The van der Waals surface area contributed by atoms with Gasteiger partial charge in [0.2, 0.25) is 5.91 Å². The minimum Gasteiger partial charge on any atom is -0.489 e. The van der Waals surface area contributed by atoms with Gasteiger partial charge in [-0.3, -0.25) is 14.5 Å². The van der Waals surface area contributed by atoms with Crippen LogP contribution in [0.25, 0.3) is 11.4 Å². The lowest BCUT2D eigenvalue weighted by Gasteiger charge is -2.16. The molecular formula is C22H23ClN4O3S. The maximum absolute atomic E-state index is 12.8. The molecule has 1 atom stereocenters. The second-order valence-electron chi connectivity index (χ2n) is 7.44. The number of halogens is 1.